The van der Waals surface area contributed by atoms with Crippen molar-refractivity contribution in [1.29, 1.82) is 0 Å². The molecule has 1 unspecified atom stereocenters. The van der Waals surface area contributed by atoms with Crippen LogP contribution in [0.5, 0.6) is 0 Å². The van der Waals surface area contributed by atoms with Crippen molar-refractivity contribution in [3.05, 3.63) is 0 Å². The molecule has 6 heteroatoms. The predicted molar refractivity (Wildman–Crippen MR) is 77.6 cm³/mol. The Labute approximate surface area is 121 Å². The maximum absolute atomic E-state index is 12.3. The largest absolute Gasteiger partial charge is 0.480 e. The van der Waals surface area contributed by atoms with Crippen molar-refractivity contribution in [1.82, 2.24) is 10.2 Å². The minimum Gasteiger partial charge on any atom is -0.480 e. The molecule has 0 fully saturated rings. The molecule has 0 bridgehead atoms. The zero-order valence-electron chi connectivity index (χ0n) is 12.9. The number of hydrogen-bond donors (Lipinski definition) is 3. The van der Waals surface area contributed by atoms with Gasteiger partial charge < -0.3 is 20.4 Å². The average Bonchev–Trinajstić information content (AvgIpc) is 2.43. The van der Waals surface area contributed by atoms with Crippen LogP contribution in [0.3, 0.4) is 0 Å². The van der Waals surface area contributed by atoms with Crippen LogP contribution in [0, 0.1) is 5.92 Å². The van der Waals surface area contributed by atoms with E-state index in [1.807, 2.05) is 20.8 Å². The molecule has 0 spiro atoms. The van der Waals surface area contributed by atoms with Crippen molar-refractivity contribution in [3.63, 3.8) is 0 Å². The number of aliphatic carboxylic acids is 1. The van der Waals surface area contributed by atoms with Gasteiger partial charge in [0.05, 0.1) is 6.61 Å². The summed E-state index contributed by atoms with van der Waals surface area (Å²) in [5.74, 6) is -1.17. The number of amides is 2. The van der Waals surface area contributed by atoms with Crippen LogP contribution in [-0.4, -0.2) is 52.3 Å². The first kappa shape index (κ1) is 18.7. The van der Waals surface area contributed by atoms with E-state index < -0.39 is 18.0 Å². The average molecular weight is 288 g/mol. The lowest BCUT2D eigenvalue weighted by molar-refractivity contribution is -0.140. The molecule has 0 aromatic heterocycles. The summed E-state index contributed by atoms with van der Waals surface area (Å²) < 4.78 is 0. The van der Waals surface area contributed by atoms with E-state index >= 15 is 0 Å². The summed E-state index contributed by atoms with van der Waals surface area (Å²) in [7, 11) is 0. The molecular formula is C14H28N2O4. The molecule has 0 saturated heterocycles. The van der Waals surface area contributed by atoms with Gasteiger partial charge in [-0.15, -0.1) is 0 Å². The number of aliphatic hydroxyl groups is 1. The van der Waals surface area contributed by atoms with Crippen LogP contribution in [-0.2, 0) is 4.79 Å². The van der Waals surface area contributed by atoms with E-state index in [4.69, 9.17) is 5.11 Å². The molecule has 0 rings (SSSR count). The van der Waals surface area contributed by atoms with E-state index in [9.17, 15) is 14.7 Å². The first-order valence-electron chi connectivity index (χ1n) is 7.33. The van der Waals surface area contributed by atoms with Crippen molar-refractivity contribution in [2.24, 2.45) is 5.92 Å². The summed E-state index contributed by atoms with van der Waals surface area (Å²) in [6.07, 6.45) is 2.21. The van der Waals surface area contributed by atoms with Gasteiger partial charge in [0, 0.05) is 12.6 Å². The Hall–Kier alpha value is -1.30. The zero-order valence-corrected chi connectivity index (χ0v) is 12.9. The molecule has 3 N–H and O–H groups in total. The summed E-state index contributed by atoms with van der Waals surface area (Å²) in [6.45, 7) is 7.70. The standard InChI is InChI=1S/C14H28N2O4/c1-5-10(4)12(13(18)19)15-14(20)16(8-9-17)11(6-2)7-3/h10-12,17H,5-9H2,1-4H3,(H,15,20)(H,18,19)/t10?,12-/m0/s1. The minimum absolute atomic E-state index is 0.00790. The van der Waals surface area contributed by atoms with Gasteiger partial charge in [0.25, 0.3) is 0 Å². The molecule has 0 saturated carbocycles. The molecule has 0 aromatic rings. The fourth-order valence-corrected chi connectivity index (χ4v) is 2.19. The molecule has 0 aromatic carbocycles. The van der Waals surface area contributed by atoms with Crippen LogP contribution in [0.2, 0.25) is 0 Å². The highest BCUT2D eigenvalue weighted by Gasteiger charge is 2.29. The smallest absolute Gasteiger partial charge is 0.326 e. The Morgan fingerprint density at radius 2 is 1.70 bits per heavy atom. The lowest BCUT2D eigenvalue weighted by Gasteiger charge is -2.32. The maximum Gasteiger partial charge on any atom is 0.326 e. The second kappa shape index (κ2) is 9.58. The number of hydrogen-bond acceptors (Lipinski definition) is 3. The topological polar surface area (TPSA) is 89.9 Å². The molecule has 118 valence electrons. The third-order valence-corrected chi connectivity index (χ3v) is 3.74. The number of urea groups is 1. The number of carboxylic acids is 1. The summed E-state index contributed by atoms with van der Waals surface area (Å²) >= 11 is 0. The van der Waals surface area contributed by atoms with E-state index in [1.165, 1.54) is 4.90 Å². The van der Waals surface area contributed by atoms with E-state index in [0.29, 0.717) is 6.42 Å². The maximum atomic E-state index is 12.3. The summed E-state index contributed by atoms with van der Waals surface area (Å²) in [5.41, 5.74) is 0. The van der Waals surface area contributed by atoms with Gasteiger partial charge in [-0.25, -0.2) is 9.59 Å². The van der Waals surface area contributed by atoms with E-state index in [1.54, 1.807) is 6.92 Å². The Morgan fingerprint density at radius 1 is 1.15 bits per heavy atom. The van der Waals surface area contributed by atoms with E-state index in [-0.39, 0.29) is 25.1 Å². The SMILES string of the molecule is CCC(C)[C@H](NC(=O)N(CCO)C(CC)CC)C(=O)O. The Morgan fingerprint density at radius 3 is 2.05 bits per heavy atom. The van der Waals surface area contributed by atoms with Crippen LogP contribution in [0.1, 0.15) is 47.0 Å². The van der Waals surface area contributed by atoms with Gasteiger partial charge in [-0.2, -0.15) is 0 Å². The Kier molecular flexibility index (Phi) is 8.96. The third-order valence-electron chi connectivity index (χ3n) is 3.74. The van der Waals surface area contributed by atoms with Gasteiger partial charge in [-0.1, -0.05) is 34.1 Å². The molecule has 6 nitrogen and oxygen atoms in total. The Balaban J connectivity index is 4.92. The molecule has 2 atom stereocenters. The third kappa shape index (κ3) is 5.36. The molecule has 0 aliphatic rings. The fraction of sp³-hybridized carbons (Fsp3) is 0.857. The summed E-state index contributed by atoms with van der Waals surface area (Å²) in [5, 5.41) is 20.9. The fourth-order valence-electron chi connectivity index (χ4n) is 2.19. The summed E-state index contributed by atoms with van der Waals surface area (Å²) in [4.78, 5) is 25.0. The molecule has 0 radical (unpaired) electrons. The van der Waals surface area contributed by atoms with Gasteiger partial charge in [0.15, 0.2) is 0 Å². The highest BCUT2D eigenvalue weighted by atomic mass is 16.4. The van der Waals surface area contributed by atoms with Gasteiger partial charge >= 0.3 is 12.0 Å². The van der Waals surface area contributed by atoms with E-state index in [2.05, 4.69) is 5.32 Å². The van der Waals surface area contributed by atoms with Crippen LogP contribution in [0.15, 0.2) is 0 Å². The van der Waals surface area contributed by atoms with Crippen molar-refractivity contribution in [2.45, 2.75) is 59.0 Å². The highest BCUT2D eigenvalue weighted by Crippen LogP contribution is 2.12. The number of carboxylic acid groups (broad SMARTS) is 1. The lowest BCUT2D eigenvalue weighted by atomic mass is 9.99. The van der Waals surface area contributed by atoms with Gasteiger partial charge in [0.1, 0.15) is 6.04 Å². The van der Waals surface area contributed by atoms with Crippen molar-refractivity contribution in [2.75, 3.05) is 13.2 Å². The molecule has 20 heavy (non-hydrogen) atoms. The second-order valence-electron chi connectivity index (χ2n) is 5.04. The number of nitrogens with one attached hydrogen (secondary N) is 1. The molecule has 0 aliphatic heterocycles. The molecule has 2 amide bonds. The summed E-state index contributed by atoms with van der Waals surface area (Å²) in [6, 6.07) is -1.31. The predicted octanol–water partition coefficient (Wildman–Crippen LogP) is 1.68. The monoisotopic (exact) mass is 288 g/mol. The first-order chi connectivity index (χ1) is 9.42. The van der Waals surface area contributed by atoms with Crippen molar-refractivity contribution in [3.8, 4) is 0 Å². The molecule has 0 aliphatic carbocycles. The normalized spacial score (nSPS) is 13.9. The highest BCUT2D eigenvalue weighted by molar-refractivity contribution is 5.83. The number of rotatable bonds is 9. The number of carbonyl (C=O) groups excluding carboxylic acids is 1. The van der Waals surface area contributed by atoms with Gasteiger partial charge in [-0.05, 0) is 18.8 Å². The van der Waals surface area contributed by atoms with Crippen LogP contribution in [0.4, 0.5) is 4.79 Å². The minimum atomic E-state index is -1.03. The first-order valence-corrected chi connectivity index (χ1v) is 7.33. The lowest BCUT2D eigenvalue weighted by Crippen LogP contribution is -2.53. The molecular weight excluding hydrogens is 260 g/mol. The molecule has 0 heterocycles. The number of nitrogens with zero attached hydrogens (tertiary/aromatic N) is 1. The second-order valence-corrected chi connectivity index (χ2v) is 5.04. The van der Waals surface area contributed by atoms with Crippen LogP contribution in [0.25, 0.3) is 0 Å². The van der Waals surface area contributed by atoms with Gasteiger partial charge in [-0.3, -0.25) is 0 Å². The number of aliphatic hydroxyl groups excluding tert-OH is 1. The Bertz CT molecular complexity index is 306. The number of carbonyl (C=O) groups is 2. The van der Waals surface area contributed by atoms with Crippen molar-refractivity contribution < 1.29 is 19.8 Å². The van der Waals surface area contributed by atoms with Gasteiger partial charge in [0.2, 0.25) is 0 Å². The van der Waals surface area contributed by atoms with Crippen molar-refractivity contribution >= 4 is 12.0 Å². The van der Waals surface area contributed by atoms with E-state index in [0.717, 1.165) is 12.8 Å². The van der Waals surface area contributed by atoms with Crippen LogP contribution < -0.4 is 5.32 Å². The quantitative estimate of drug-likeness (QED) is 0.602. The van der Waals surface area contributed by atoms with Crippen LogP contribution >= 0.6 is 0 Å². The zero-order chi connectivity index (χ0) is 15.7.